The van der Waals surface area contributed by atoms with Crippen LogP contribution in [0.4, 0.5) is 5.82 Å². The molecule has 3 aliphatic heterocycles. The molecule has 0 unspecified atom stereocenters. The quantitative estimate of drug-likeness (QED) is 0.729. The zero-order valence-corrected chi connectivity index (χ0v) is 16.8. The summed E-state index contributed by atoms with van der Waals surface area (Å²) in [6, 6.07) is 9.46. The molecule has 2 fully saturated rings. The van der Waals surface area contributed by atoms with Crippen molar-refractivity contribution in [3.8, 4) is 5.75 Å². The van der Waals surface area contributed by atoms with Crippen molar-refractivity contribution in [2.24, 2.45) is 11.8 Å². The maximum atomic E-state index is 13.2. The summed E-state index contributed by atoms with van der Waals surface area (Å²) in [5.74, 6) is 0.482. The minimum atomic E-state index is -0.771. The van der Waals surface area contributed by atoms with Gasteiger partial charge in [0.15, 0.2) is 5.82 Å². The average molecular weight is 409 g/mol. The van der Waals surface area contributed by atoms with Crippen LogP contribution in [0.5, 0.6) is 5.75 Å². The molecule has 1 aromatic carbocycles. The average Bonchev–Trinajstić information content (AvgIpc) is 3.49. The van der Waals surface area contributed by atoms with Crippen LogP contribution in [-0.2, 0) is 20.7 Å². The Bertz CT molecular complexity index is 1010. The molecule has 0 radical (unpaired) electrons. The third-order valence-electron chi connectivity index (χ3n) is 6.17. The molecule has 1 aromatic heterocycles. The largest absolute Gasteiger partial charge is 0.497 e. The minimum absolute atomic E-state index is 0.148. The van der Waals surface area contributed by atoms with Gasteiger partial charge in [-0.1, -0.05) is 29.4 Å². The second-order valence-corrected chi connectivity index (χ2v) is 8.01. The normalized spacial score (nSPS) is 28.8. The maximum Gasteiger partial charge on any atom is 0.235 e. The predicted molar refractivity (Wildman–Crippen MR) is 107 cm³/mol. The Balaban J connectivity index is 1.27. The molecular formula is C22H23N3O5. The van der Waals surface area contributed by atoms with Crippen LogP contribution < -0.4 is 15.0 Å². The second-order valence-electron chi connectivity index (χ2n) is 8.01. The first kappa shape index (κ1) is 18.9. The topological polar surface area (TPSA) is 93.9 Å². The lowest BCUT2D eigenvalue weighted by Crippen LogP contribution is -2.44. The summed E-state index contributed by atoms with van der Waals surface area (Å²) < 4.78 is 16.4. The number of ether oxygens (including phenoxy) is 2. The number of amides is 2. The summed E-state index contributed by atoms with van der Waals surface area (Å²) >= 11 is 0. The van der Waals surface area contributed by atoms with Gasteiger partial charge in [-0.3, -0.25) is 14.5 Å². The monoisotopic (exact) mass is 409 g/mol. The first-order valence-electron chi connectivity index (χ1n) is 10.0. The summed E-state index contributed by atoms with van der Waals surface area (Å²) in [6.07, 6.45) is 4.14. The van der Waals surface area contributed by atoms with E-state index in [4.69, 9.17) is 14.0 Å². The highest BCUT2D eigenvalue weighted by molar-refractivity contribution is 6.02. The summed E-state index contributed by atoms with van der Waals surface area (Å²) in [5.41, 5.74) is 0.327. The molecule has 0 aliphatic carbocycles. The van der Waals surface area contributed by atoms with Gasteiger partial charge in [-0.2, -0.15) is 0 Å². The maximum absolute atomic E-state index is 13.2. The van der Waals surface area contributed by atoms with Crippen molar-refractivity contribution in [1.29, 1.82) is 0 Å². The molecule has 8 heteroatoms. The van der Waals surface area contributed by atoms with Crippen LogP contribution in [0.15, 0.2) is 47.0 Å². The molecule has 2 amide bonds. The Hall–Kier alpha value is -3.13. The van der Waals surface area contributed by atoms with E-state index < -0.39 is 17.4 Å². The van der Waals surface area contributed by atoms with Gasteiger partial charge in [0.05, 0.1) is 31.6 Å². The second kappa shape index (κ2) is 6.98. The molecule has 1 spiro atoms. The lowest BCUT2D eigenvalue weighted by atomic mass is 9.77. The lowest BCUT2D eigenvalue weighted by Gasteiger charge is -2.23. The van der Waals surface area contributed by atoms with Crippen molar-refractivity contribution in [1.82, 2.24) is 10.5 Å². The summed E-state index contributed by atoms with van der Waals surface area (Å²) in [4.78, 5) is 27.8. The lowest BCUT2D eigenvalue weighted by molar-refractivity contribution is -0.131. The number of methoxy groups -OCH3 is 1. The van der Waals surface area contributed by atoms with Crippen molar-refractivity contribution < 1.29 is 23.6 Å². The number of anilines is 1. The number of carbonyl (C=O) groups excluding carboxylic acids is 2. The first-order chi connectivity index (χ1) is 14.5. The van der Waals surface area contributed by atoms with Gasteiger partial charge in [0.1, 0.15) is 17.1 Å². The van der Waals surface area contributed by atoms with E-state index in [1.165, 1.54) is 0 Å². The van der Waals surface area contributed by atoms with Gasteiger partial charge in [0, 0.05) is 12.6 Å². The van der Waals surface area contributed by atoms with Crippen molar-refractivity contribution in [2.45, 2.75) is 25.0 Å². The van der Waals surface area contributed by atoms with Gasteiger partial charge in [-0.25, -0.2) is 0 Å². The Morgan fingerprint density at radius 2 is 2.17 bits per heavy atom. The highest BCUT2D eigenvalue weighted by atomic mass is 16.5. The number of rotatable bonds is 6. The standard InChI is InChI=1S/C22H23N3O5/c1-13-11-17(24-30-13)25-12-22-9-7-16(29-22)18(19(22)21(25)27)20(26)23-10-8-14-3-5-15(28-2)6-4-14/h3-7,9,11,16,18-19H,8,10,12H2,1-2H3,(H,23,26)/t16-,18+,19-,22-/m0/s1. The van der Waals surface area contributed by atoms with E-state index in [1.54, 1.807) is 25.0 Å². The predicted octanol–water partition coefficient (Wildman–Crippen LogP) is 1.64. The van der Waals surface area contributed by atoms with Crippen LogP contribution in [0.1, 0.15) is 11.3 Å². The third-order valence-corrected chi connectivity index (χ3v) is 6.17. The number of benzene rings is 1. The minimum Gasteiger partial charge on any atom is -0.497 e. The van der Waals surface area contributed by atoms with Crippen LogP contribution in [0.25, 0.3) is 0 Å². The molecule has 156 valence electrons. The number of fused-ring (bicyclic) bond motifs is 1. The summed E-state index contributed by atoms with van der Waals surface area (Å²) in [5, 5.41) is 6.95. The Labute approximate surface area is 173 Å². The van der Waals surface area contributed by atoms with Crippen LogP contribution in [0.3, 0.4) is 0 Å². The molecule has 5 rings (SSSR count). The van der Waals surface area contributed by atoms with Crippen molar-refractivity contribution in [3.05, 3.63) is 53.8 Å². The fourth-order valence-electron chi connectivity index (χ4n) is 4.71. The van der Waals surface area contributed by atoms with Crippen LogP contribution in [0, 0.1) is 18.8 Å². The molecule has 4 heterocycles. The van der Waals surface area contributed by atoms with Gasteiger partial charge in [0.2, 0.25) is 11.8 Å². The van der Waals surface area contributed by atoms with Gasteiger partial charge in [-0.05, 0) is 31.0 Å². The van der Waals surface area contributed by atoms with Crippen molar-refractivity contribution >= 4 is 17.6 Å². The molecule has 0 saturated carbocycles. The van der Waals surface area contributed by atoms with E-state index in [-0.39, 0.29) is 17.9 Å². The molecule has 8 nitrogen and oxygen atoms in total. The van der Waals surface area contributed by atoms with E-state index in [9.17, 15) is 9.59 Å². The van der Waals surface area contributed by atoms with E-state index in [2.05, 4.69) is 10.5 Å². The zero-order chi connectivity index (χ0) is 20.9. The van der Waals surface area contributed by atoms with Crippen LogP contribution in [0.2, 0.25) is 0 Å². The number of aromatic nitrogens is 1. The number of aryl methyl sites for hydroxylation is 1. The summed E-state index contributed by atoms with van der Waals surface area (Å²) in [6.45, 7) is 2.60. The Morgan fingerprint density at radius 3 is 2.87 bits per heavy atom. The smallest absolute Gasteiger partial charge is 0.235 e. The van der Waals surface area contributed by atoms with Crippen LogP contribution in [-0.4, -0.2) is 48.9 Å². The molecule has 2 aromatic rings. The molecule has 3 aliphatic rings. The van der Waals surface area contributed by atoms with E-state index in [0.717, 1.165) is 11.3 Å². The number of carbonyl (C=O) groups is 2. The van der Waals surface area contributed by atoms with Crippen molar-refractivity contribution in [3.63, 3.8) is 0 Å². The first-order valence-corrected chi connectivity index (χ1v) is 10.0. The SMILES string of the molecule is COc1ccc(CCNC(=O)[C@@H]2[C@@H]3C=C[C@@]4(CN(c5cc(C)on5)C(=O)[C@H]24)O3)cc1. The highest BCUT2D eigenvalue weighted by Gasteiger charge is 2.67. The summed E-state index contributed by atoms with van der Waals surface area (Å²) in [7, 11) is 1.63. The number of hydrogen-bond acceptors (Lipinski definition) is 6. The Kier molecular flexibility index (Phi) is 4.39. The molecular weight excluding hydrogens is 386 g/mol. The van der Waals surface area contributed by atoms with Gasteiger partial charge in [-0.15, -0.1) is 0 Å². The number of nitrogens with one attached hydrogen (secondary N) is 1. The number of hydrogen-bond donors (Lipinski definition) is 1. The fraction of sp³-hybridized carbons (Fsp3) is 0.409. The number of nitrogens with zero attached hydrogens (tertiary/aromatic N) is 2. The molecule has 2 saturated heterocycles. The third kappa shape index (κ3) is 2.90. The van der Waals surface area contributed by atoms with E-state index in [0.29, 0.717) is 31.1 Å². The highest BCUT2D eigenvalue weighted by Crippen LogP contribution is 2.52. The Morgan fingerprint density at radius 1 is 1.37 bits per heavy atom. The molecule has 30 heavy (non-hydrogen) atoms. The van der Waals surface area contributed by atoms with E-state index >= 15 is 0 Å². The molecule has 2 bridgehead atoms. The zero-order valence-electron chi connectivity index (χ0n) is 16.8. The molecule has 1 N–H and O–H groups in total. The van der Waals surface area contributed by atoms with Gasteiger partial charge in [0.25, 0.3) is 0 Å². The van der Waals surface area contributed by atoms with Gasteiger partial charge >= 0.3 is 0 Å². The molecule has 4 atom stereocenters. The van der Waals surface area contributed by atoms with Crippen LogP contribution >= 0.6 is 0 Å². The van der Waals surface area contributed by atoms with E-state index in [1.807, 2.05) is 36.4 Å². The van der Waals surface area contributed by atoms with Gasteiger partial charge < -0.3 is 19.3 Å². The van der Waals surface area contributed by atoms with Crippen molar-refractivity contribution in [2.75, 3.05) is 25.1 Å². The fourth-order valence-corrected chi connectivity index (χ4v) is 4.71.